The third-order valence-corrected chi connectivity index (χ3v) is 4.38. The highest BCUT2D eigenvalue weighted by Crippen LogP contribution is 2.30. The van der Waals surface area contributed by atoms with E-state index >= 15 is 0 Å². The van der Waals surface area contributed by atoms with Crippen LogP contribution in [0.2, 0.25) is 0 Å². The van der Waals surface area contributed by atoms with E-state index in [1.807, 2.05) is 6.20 Å². The number of hydrogen-bond donors (Lipinski definition) is 1. The van der Waals surface area contributed by atoms with E-state index in [4.69, 9.17) is 0 Å². The van der Waals surface area contributed by atoms with Crippen LogP contribution in [0, 0.1) is 5.92 Å². The molecule has 2 aliphatic heterocycles. The second-order valence-electron chi connectivity index (χ2n) is 5.51. The van der Waals surface area contributed by atoms with Crippen LogP contribution in [-0.4, -0.2) is 28.3 Å². The average molecular weight is 232 g/mol. The summed E-state index contributed by atoms with van der Waals surface area (Å²) in [6, 6.07) is 2.86. The molecule has 0 aromatic carbocycles. The molecular weight excluding hydrogens is 212 g/mol. The molecule has 1 aromatic rings. The third-order valence-electron chi connectivity index (χ3n) is 4.38. The lowest BCUT2D eigenvalue weighted by Crippen LogP contribution is -2.42. The first-order chi connectivity index (χ1) is 8.24. The van der Waals surface area contributed by atoms with Gasteiger partial charge in [-0.25, -0.2) is 0 Å². The first kappa shape index (κ1) is 11.0. The predicted molar refractivity (Wildman–Crippen MR) is 66.7 cm³/mol. The Kier molecular flexibility index (Phi) is 2.79. The maximum atomic E-state index is 11.6. The molecule has 0 saturated carbocycles. The SMILES string of the molecule is CC(=O)C1CCCC2Cc3cc[nH]c3CN2C1. The number of aromatic nitrogens is 1. The standard InChI is InChI=1S/C14H20N2O/c1-10(17)12-3-2-4-13-7-11-5-6-15-14(11)9-16(13)8-12/h5-6,12-13,15H,2-4,7-9H2,1H3. The van der Waals surface area contributed by atoms with Gasteiger partial charge in [0, 0.05) is 36.9 Å². The number of H-pyrrole nitrogens is 1. The lowest BCUT2D eigenvalue weighted by Gasteiger charge is -2.35. The Morgan fingerprint density at radius 3 is 3.18 bits per heavy atom. The average Bonchev–Trinajstić information content (AvgIpc) is 2.63. The smallest absolute Gasteiger partial charge is 0.134 e. The number of carbonyl (C=O) groups is 1. The Hall–Kier alpha value is -1.09. The molecule has 0 amide bonds. The van der Waals surface area contributed by atoms with Crippen molar-refractivity contribution < 1.29 is 4.79 Å². The van der Waals surface area contributed by atoms with Crippen LogP contribution in [0.3, 0.4) is 0 Å². The molecule has 0 bridgehead atoms. The summed E-state index contributed by atoms with van der Waals surface area (Å²) in [6.07, 6.45) is 6.72. The van der Waals surface area contributed by atoms with Crippen LogP contribution < -0.4 is 0 Å². The van der Waals surface area contributed by atoms with Gasteiger partial charge in [0.05, 0.1) is 0 Å². The summed E-state index contributed by atoms with van der Waals surface area (Å²) >= 11 is 0. The minimum Gasteiger partial charge on any atom is -0.364 e. The van der Waals surface area contributed by atoms with Crippen LogP contribution >= 0.6 is 0 Å². The van der Waals surface area contributed by atoms with Gasteiger partial charge < -0.3 is 4.98 Å². The van der Waals surface area contributed by atoms with Gasteiger partial charge in [-0.1, -0.05) is 6.42 Å². The van der Waals surface area contributed by atoms with Crippen LogP contribution in [0.4, 0.5) is 0 Å². The van der Waals surface area contributed by atoms with E-state index in [-0.39, 0.29) is 5.92 Å². The van der Waals surface area contributed by atoms with Crippen LogP contribution in [0.5, 0.6) is 0 Å². The van der Waals surface area contributed by atoms with Crippen LogP contribution in [0.25, 0.3) is 0 Å². The van der Waals surface area contributed by atoms with Crippen molar-refractivity contribution in [3.05, 3.63) is 23.5 Å². The van der Waals surface area contributed by atoms with Gasteiger partial charge in [0.25, 0.3) is 0 Å². The molecule has 0 spiro atoms. The minimum atomic E-state index is 0.261. The largest absolute Gasteiger partial charge is 0.364 e. The molecule has 3 heterocycles. The van der Waals surface area contributed by atoms with Crippen LogP contribution in [0.15, 0.2) is 12.3 Å². The summed E-state index contributed by atoms with van der Waals surface area (Å²) in [5.41, 5.74) is 2.83. The topological polar surface area (TPSA) is 36.1 Å². The molecule has 2 aliphatic rings. The summed E-state index contributed by atoms with van der Waals surface area (Å²) in [4.78, 5) is 17.4. The number of rotatable bonds is 1. The van der Waals surface area contributed by atoms with Crippen LogP contribution in [0.1, 0.15) is 37.4 Å². The van der Waals surface area contributed by atoms with Gasteiger partial charge in [-0.3, -0.25) is 9.69 Å². The monoisotopic (exact) mass is 232 g/mol. The van der Waals surface area contributed by atoms with Gasteiger partial charge in [0.15, 0.2) is 0 Å². The molecule has 0 radical (unpaired) electrons. The normalized spacial score (nSPS) is 29.2. The highest BCUT2D eigenvalue weighted by molar-refractivity contribution is 5.78. The summed E-state index contributed by atoms with van der Waals surface area (Å²) in [5, 5.41) is 0. The Bertz CT molecular complexity index is 424. The number of hydrogen-bond acceptors (Lipinski definition) is 2. The Balaban J connectivity index is 1.81. The molecular formula is C14H20N2O. The van der Waals surface area contributed by atoms with Gasteiger partial charge in [0.1, 0.15) is 5.78 Å². The number of aromatic amines is 1. The summed E-state index contributed by atoms with van der Waals surface area (Å²) in [5.74, 6) is 0.624. The van der Waals surface area contributed by atoms with Crippen molar-refractivity contribution in [1.29, 1.82) is 0 Å². The highest BCUT2D eigenvalue weighted by atomic mass is 16.1. The lowest BCUT2D eigenvalue weighted by atomic mass is 9.97. The van der Waals surface area contributed by atoms with E-state index in [0.717, 1.165) is 25.9 Å². The Morgan fingerprint density at radius 2 is 2.35 bits per heavy atom. The fourth-order valence-corrected chi connectivity index (χ4v) is 3.29. The summed E-state index contributed by atoms with van der Waals surface area (Å²) < 4.78 is 0. The number of Topliss-reactive ketones (excluding diaryl/α,β-unsaturated/α-hetero) is 1. The van der Waals surface area contributed by atoms with Gasteiger partial charge in [0.2, 0.25) is 0 Å². The molecule has 0 aliphatic carbocycles. The molecule has 1 saturated heterocycles. The van der Waals surface area contributed by atoms with E-state index in [2.05, 4.69) is 16.0 Å². The van der Waals surface area contributed by atoms with E-state index in [9.17, 15) is 4.79 Å². The Morgan fingerprint density at radius 1 is 1.47 bits per heavy atom. The molecule has 1 N–H and O–H groups in total. The molecule has 92 valence electrons. The van der Waals surface area contributed by atoms with Crippen molar-refractivity contribution in [3.63, 3.8) is 0 Å². The van der Waals surface area contributed by atoms with Gasteiger partial charge in [-0.2, -0.15) is 0 Å². The second-order valence-corrected chi connectivity index (χ2v) is 5.51. The van der Waals surface area contributed by atoms with Gasteiger partial charge >= 0.3 is 0 Å². The van der Waals surface area contributed by atoms with E-state index in [1.165, 1.54) is 24.1 Å². The number of carbonyl (C=O) groups excluding carboxylic acids is 1. The molecule has 3 heteroatoms. The quantitative estimate of drug-likeness (QED) is 0.805. The number of fused-ring (bicyclic) bond motifs is 2. The first-order valence-corrected chi connectivity index (χ1v) is 6.63. The number of nitrogens with zero attached hydrogens (tertiary/aromatic N) is 1. The zero-order valence-corrected chi connectivity index (χ0v) is 10.4. The predicted octanol–water partition coefficient (Wildman–Crippen LogP) is 2.13. The summed E-state index contributed by atoms with van der Waals surface area (Å²) in [6.45, 7) is 3.70. The first-order valence-electron chi connectivity index (χ1n) is 6.63. The van der Waals surface area contributed by atoms with Crippen molar-refractivity contribution in [1.82, 2.24) is 9.88 Å². The molecule has 2 atom stereocenters. The van der Waals surface area contributed by atoms with Crippen molar-refractivity contribution >= 4 is 5.78 Å². The maximum Gasteiger partial charge on any atom is 0.134 e. The minimum absolute atomic E-state index is 0.261. The zero-order valence-electron chi connectivity index (χ0n) is 10.4. The Labute approximate surface area is 102 Å². The van der Waals surface area contributed by atoms with E-state index < -0.39 is 0 Å². The second kappa shape index (κ2) is 4.30. The molecule has 17 heavy (non-hydrogen) atoms. The van der Waals surface area contributed by atoms with E-state index in [0.29, 0.717) is 11.8 Å². The van der Waals surface area contributed by atoms with E-state index in [1.54, 1.807) is 6.92 Å². The molecule has 2 unspecified atom stereocenters. The van der Waals surface area contributed by atoms with Crippen molar-refractivity contribution in [2.45, 2.75) is 45.2 Å². The molecule has 3 rings (SSSR count). The zero-order chi connectivity index (χ0) is 11.8. The highest BCUT2D eigenvalue weighted by Gasteiger charge is 2.31. The lowest BCUT2D eigenvalue weighted by molar-refractivity contribution is -0.121. The maximum absolute atomic E-state index is 11.6. The van der Waals surface area contributed by atoms with Crippen molar-refractivity contribution in [3.8, 4) is 0 Å². The fourth-order valence-electron chi connectivity index (χ4n) is 3.29. The molecule has 3 nitrogen and oxygen atoms in total. The fraction of sp³-hybridized carbons (Fsp3) is 0.643. The van der Waals surface area contributed by atoms with Gasteiger partial charge in [-0.05, 0) is 37.8 Å². The van der Waals surface area contributed by atoms with Crippen molar-refractivity contribution in [2.24, 2.45) is 5.92 Å². The van der Waals surface area contributed by atoms with Crippen molar-refractivity contribution in [2.75, 3.05) is 6.54 Å². The molecule has 1 aromatic heterocycles. The third kappa shape index (κ3) is 2.04. The number of ketones is 1. The van der Waals surface area contributed by atoms with Crippen LogP contribution in [-0.2, 0) is 17.8 Å². The van der Waals surface area contributed by atoms with Gasteiger partial charge in [-0.15, -0.1) is 0 Å². The molecule has 1 fully saturated rings. The summed E-state index contributed by atoms with van der Waals surface area (Å²) in [7, 11) is 0. The number of nitrogens with one attached hydrogen (secondary N) is 1.